The molecular weight excluding hydrogens is 412 g/mol. The van der Waals surface area contributed by atoms with E-state index in [4.69, 9.17) is 16.3 Å². The van der Waals surface area contributed by atoms with Gasteiger partial charge in [-0.3, -0.25) is 4.79 Å². The maximum absolute atomic E-state index is 12.2. The number of thioether (sulfide) groups is 1. The second-order valence-corrected chi connectivity index (χ2v) is 8.63. The first kappa shape index (κ1) is 20.7. The van der Waals surface area contributed by atoms with Crippen LogP contribution in [0.4, 0.5) is 0 Å². The molecule has 7 heteroatoms. The quantitative estimate of drug-likeness (QED) is 0.483. The van der Waals surface area contributed by atoms with Crippen molar-refractivity contribution in [3.63, 3.8) is 0 Å². The van der Waals surface area contributed by atoms with Crippen LogP contribution in [-0.4, -0.2) is 24.5 Å². The third kappa shape index (κ3) is 6.26. The summed E-state index contributed by atoms with van der Waals surface area (Å²) in [6.07, 6.45) is 1.02. The number of para-hydroxylation sites is 1. The summed E-state index contributed by atoms with van der Waals surface area (Å²) in [6, 6.07) is 15.7. The van der Waals surface area contributed by atoms with Crippen LogP contribution in [-0.2, 0) is 23.4 Å². The molecule has 1 N–H and O–H groups in total. The molecule has 0 bridgehead atoms. The van der Waals surface area contributed by atoms with Crippen molar-refractivity contribution in [3.8, 4) is 5.75 Å². The van der Waals surface area contributed by atoms with E-state index in [0.717, 1.165) is 44.1 Å². The second kappa shape index (κ2) is 10.5. The van der Waals surface area contributed by atoms with Gasteiger partial charge in [-0.25, -0.2) is 4.98 Å². The molecule has 1 amide bonds. The molecule has 2 aromatic carbocycles. The van der Waals surface area contributed by atoms with E-state index < -0.39 is 0 Å². The van der Waals surface area contributed by atoms with Gasteiger partial charge in [0.2, 0.25) is 5.91 Å². The Labute approximate surface area is 178 Å². The van der Waals surface area contributed by atoms with E-state index in [9.17, 15) is 4.79 Å². The lowest BCUT2D eigenvalue weighted by Gasteiger charge is -2.08. The summed E-state index contributed by atoms with van der Waals surface area (Å²) in [7, 11) is 1.65. The highest BCUT2D eigenvalue weighted by Gasteiger charge is 2.09. The number of carbonyl (C=O) groups is 1. The van der Waals surface area contributed by atoms with Gasteiger partial charge in [-0.05, 0) is 35.7 Å². The van der Waals surface area contributed by atoms with E-state index in [-0.39, 0.29) is 5.91 Å². The SMILES string of the molecule is COc1ccccc1CCNC(=O)Cc1csc(SCc2cccc(Cl)c2)n1. The summed E-state index contributed by atoms with van der Waals surface area (Å²) in [4.78, 5) is 16.7. The Morgan fingerprint density at radius 3 is 2.93 bits per heavy atom. The number of hydrogen-bond donors (Lipinski definition) is 1. The highest BCUT2D eigenvalue weighted by Crippen LogP contribution is 2.27. The van der Waals surface area contributed by atoms with Crippen LogP contribution in [0.5, 0.6) is 5.75 Å². The molecule has 0 fully saturated rings. The van der Waals surface area contributed by atoms with E-state index in [2.05, 4.69) is 10.3 Å². The molecule has 0 radical (unpaired) electrons. The fourth-order valence-electron chi connectivity index (χ4n) is 2.68. The third-order valence-electron chi connectivity index (χ3n) is 4.03. The molecule has 0 atom stereocenters. The zero-order chi connectivity index (χ0) is 19.8. The summed E-state index contributed by atoms with van der Waals surface area (Å²) in [5.74, 6) is 1.63. The van der Waals surface area contributed by atoms with Crippen LogP contribution >= 0.6 is 34.7 Å². The molecule has 1 aromatic heterocycles. The maximum atomic E-state index is 12.2. The fourth-order valence-corrected chi connectivity index (χ4v) is 4.68. The van der Waals surface area contributed by atoms with Gasteiger partial charge in [-0.2, -0.15) is 0 Å². The standard InChI is InChI=1S/C21H21ClN2O2S2/c1-26-19-8-3-2-6-16(19)9-10-23-20(25)12-18-14-28-21(24-18)27-13-15-5-4-7-17(22)11-15/h2-8,11,14H,9-10,12-13H2,1H3,(H,23,25). The number of methoxy groups -OCH3 is 1. The maximum Gasteiger partial charge on any atom is 0.226 e. The Kier molecular flexibility index (Phi) is 7.77. The van der Waals surface area contributed by atoms with Crippen molar-refractivity contribution < 1.29 is 9.53 Å². The number of amides is 1. The molecule has 3 rings (SSSR count). The van der Waals surface area contributed by atoms with Crippen LogP contribution in [0, 0.1) is 0 Å². The van der Waals surface area contributed by atoms with Crippen LogP contribution in [0.25, 0.3) is 0 Å². The Morgan fingerprint density at radius 1 is 1.25 bits per heavy atom. The van der Waals surface area contributed by atoms with Crippen molar-refractivity contribution in [3.05, 3.63) is 75.8 Å². The highest BCUT2D eigenvalue weighted by molar-refractivity contribution is 8.00. The van der Waals surface area contributed by atoms with E-state index in [1.54, 1.807) is 30.2 Å². The number of nitrogens with zero attached hydrogens (tertiary/aromatic N) is 1. The summed E-state index contributed by atoms with van der Waals surface area (Å²) in [5.41, 5.74) is 3.04. The van der Waals surface area contributed by atoms with Crippen LogP contribution in [0.15, 0.2) is 58.3 Å². The molecule has 0 unspecified atom stereocenters. The Hall–Kier alpha value is -2.02. The third-order valence-corrected chi connectivity index (χ3v) is 6.41. The number of hydrogen-bond acceptors (Lipinski definition) is 5. The number of rotatable bonds is 9. The molecule has 0 spiro atoms. The minimum atomic E-state index is -0.0217. The lowest BCUT2D eigenvalue weighted by molar-refractivity contribution is -0.120. The van der Waals surface area contributed by atoms with E-state index in [1.165, 1.54) is 0 Å². The predicted octanol–water partition coefficient (Wildman–Crippen LogP) is 5.00. The van der Waals surface area contributed by atoms with Crippen LogP contribution in [0.2, 0.25) is 5.02 Å². The lowest BCUT2D eigenvalue weighted by Crippen LogP contribution is -2.27. The number of thiazole rings is 1. The first-order chi connectivity index (χ1) is 13.6. The number of carbonyl (C=O) groups excluding carboxylic acids is 1. The summed E-state index contributed by atoms with van der Waals surface area (Å²) >= 11 is 9.23. The molecule has 4 nitrogen and oxygen atoms in total. The average Bonchev–Trinajstić information content (AvgIpc) is 3.14. The van der Waals surface area contributed by atoms with Crippen molar-refractivity contribution in [1.82, 2.24) is 10.3 Å². The molecule has 28 heavy (non-hydrogen) atoms. The van der Waals surface area contributed by atoms with Crippen molar-refractivity contribution in [2.24, 2.45) is 0 Å². The van der Waals surface area contributed by atoms with Gasteiger partial charge in [-0.15, -0.1) is 11.3 Å². The molecule has 0 aliphatic carbocycles. The minimum absolute atomic E-state index is 0.0217. The fraction of sp³-hybridized carbons (Fsp3) is 0.238. The van der Waals surface area contributed by atoms with Gasteiger partial charge in [0.1, 0.15) is 10.1 Å². The second-order valence-electron chi connectivity index (χ2n) is 6.11. The lowest BCUT2D eigenvalue weighted by atomic mass is 10.1. The Bertz CT molecular complexity index is 930. The van der Waals surface area contributed by atoms with Crippen molar-refractivity contribution in [2.45, 2.75) is 22.9 Å². The van der Waals surface area contributed by atoms with Crippen LogP contribution in [0.1, 0.15) is 16.8 Å². The molecular formula is C21H21ClN2O2S2. The van der Waals surface area contributed by atoms with Gasteiger partial charge in [0.15, 0.2) is 0 Å². The predicted molar refractivity (Wildman–Crippen MR) is 117 cm³/mol. The van der Waals surface area contributed by atoms with Crippen LogP contribution in [0.3, 0.4) is 0 Å². The summed E-state index contributed by atoms with van der Waals surface area (Å²) in [6.45, 7) is 0.569. The van der Waals surface area contributed by atoms with Gasteiger partial charge < -0.3 is 10.1 Å². The molecule has 3 aromatic rings. The average molecular weight is 433 g/mol. The minimum Gasteiger partial charge on any atom is -0.496 e. The monoisotopic (exact) mass is 432 g/mol. The zero-order valence-corrected chi connectivity index (χ0v) is 17.9. The summed E-state index contributed by atoms with van der Waals surface area (Å²) < 4.78 is 6.29. The van der Waals surface area contributed by atoms with Crippen molar-refractivity contribution >= 4 is 40.6 Å². The van der Waals surface area contributed by atoms with Gasteiger partial charge in [0.05, 0.1) is 19.2 Å². The number of nitrogens with one attached hydrogen (secondary N) is 1. The Morgan fingerprint density at radius 2 is 2.11 bits per heavy atom. The highest BCUT2D eigenvalue weighted by atomic mass is 35.5. The van der Waals surface area contributed by atoms with Gasteiger partial charge in [0, 0.05) is 22.7 Å². The molecule has 146 valence electrons. The smallest absolute Gasteiger partial charge is 0.226 e. The van der Waals surface area contributed by atoms with Crippen molar-refractivity contribution in [1.29, 1.82) is 0 Å². The van der Waals surface area contributed by atoms with E-state index >= 15 is 0 Å². The molecule has 0 aliphatic heterocycles. The summed E-state index contributed by atoms with van der Waals surface area (Å²) in [5, 5.41) is 5.64. The molecule has 0 saturated heterocycles. The number of benzene rings is 2. The first-order valence-corrected chi connectivity index (χ1v) is 11.1. The van der Waals surface area contributed by atoms with Crippen molar-refractivity contribution in [2.75, 3.05) is 13.7 Å². The van der Waals surface area contributed by atoms with E-state index in [1.807, 2.05) is 53.9 Å². The number of ether oxygens (including phenoxy) is 1. The zero-order valence-electron chi connectivity index (χ0n) is 15.5. The number of halogens is 1. The molecule has 0 aliphatic rings. The van der Waals surface area contributed by atoms with Crippen LogP contribution < -0.4 is 10.1 Å². The van der Waals surface area contributed by atoms with Gasteiger partial charge >= 0.3 is 0 Å². The number of aromatic nitrogens is 1. The van der Waals surface area contributed by atoms with Gasteiger partial charge in [-0.1, -0.05) is 53.7 Å². The first-order valence-electron chi connectivity index (χ1n) is 8.84. The molecule has 1 heterocycles. The van der Waals surface area contributed by atoms with Gasteiger partial charge in [0.25, 0.3) is 0 Å². The molecule has 0 saturated carbocycles. The Balaban J connectivity index is 1.43. The normalized spacial score (nSPS) is 10.6. The largest absolute Gasteiger partial charge is 0.496 e. The topological polar surface area (TPSA) is 51.2 Å². The van der Waals surface area contributed by atoms with E-state index in [0.29, 0.717) is 13.0 Å².